The maximum atomic E-state index is 10.4. The summed E-state index contributed by atoms with van der Waals surface area (Å²) in [5.74, 6) is -0.853. The highest BCUT2D eigenvalue weighted by atomic mass is 16.4. The average Bonchev–Trinajstić information content (AvgIpc) is 2.20. The Hall–Kier alpha value is -0.570. The topological polar surface area (TPSA) is 57.5 Å². The van der Waals surface area contributed by atoms with Gasteiger partial charge in [-0.15, -0.1) is 0 Å². The molecule has 0 spiro atoms. The van der Waals surface area contributed by atoms with E-state index in [1.165, 1.54) is 25.7 Å². The summed E-state index contributed by atoms with van der Waals surface area (Å²) >= 11 is 0. The van der Waals surface area contributed by atoms with E-state index in [1.54, 1.807) is 0 Å². The van der Waals surface area contributed by atoms with Crippen LogP contribution in [0.15, 0.2) is 0 Å². The number of rotatable bonds is 10. The molecule has 0 heterocycles. The van der Waals surface area contributed by atoms with Crippen LogP contribution in [0.2, 0.25) is 0 Å². The van der Waals surface area contributed by atoms with Crippen molar-refractivity contribution in [2.75, 3.05) is 6.61 Å². The summed E-state index contributed by atoms with van der Waals surface area (Å²) in [6.45, 7) is 2.19. The summed E-state index contributed by atoms with van der Waals surface area (Å²) in [5, 5.41) is 17.5. The van der Waals surface area contributed by atoms with Crippen LogP contribution in [0.3, 0.4) is 0 Å². The number of unbranched alkanes of at least 4 members (excludes halogenated alkanes) is 5. The van der Waals surface area contributed by atoms with Crippen LogP contribution in [0, 0.1) is 5.92 Å². The highest BCUT2D eigenvalue weighted by Gasteiger charge is 2.11. The minimum absolute atomic E-state index is 0.00125. The van der Waals surface area contributed by atoms with Crippen molar-refractivity contribution >= 4 is 5.97 Å². The van der Waals surface area contributed by atoms with Gasteiger partial charge < -0.3 is 10.2 Å². The van der Waals surface area contributed by atoms with Crippen LogP contribution < -0.4 is 0 Å². The lowest BCUT2D eigenvalue weighted by Gasteiger charge is -2.10. The van der Waals surface area contributed by atoms with Gasteiger partial charge >= 0.3 is 5.97 Å². The molecule has 0 radical (unpaired) electrons. The summed E-state index contributed by atoms with van der Waals surface area (Å²) in [6, 6.07) is 0. The Balaban J connectivity index is 3.34. The highest BCUT2D eigenvalue weighted by molar-refractivity contribution is 5.66. The first-order chi connectivity index (χ1) is 7.20. The zero-order chi connectivity index (χ0) is 11.5. The molecule has 0 aromatic carbocycles. The fourth-order valence-electron chi connectivity index (χ4n) is 1.72. The number of aliphatic carboxylic acids is 1. The molecule has 1 unspecified atom stereocenters. The average molecular weight is 216 g/mol. The number of aliphatic hydroxyl groups is 1. The Morgan fingerprint density at radius 1 is 1.13 bits per heavy atom. The highest BCUT2D eigenvalue weighted by Crippen LogP contribution is 2.14. The van der Waals surface area contributed by atoms with E-state index in [-0.39, 0.29) is 18.9 Å². The van der Waals surface area contributed by atoms with Crippen molar-refractivity contribution in [2.24, 2.45) is 5.92 Å². The standard InChI is InChI=1S/C12H24O3/c1-2-3-4-5-6-7-8-11(10-13)9-12(14)15/h11,13H,2-10H2,1H3,(H,14,15). The Labute approximate surface area is 92.5 Å². The minimum atomic E-state index is -0.806. The second kappa shape index (κ2) is 9.97. The minimum Gasteiger partial charge on any atom is -0.481 e. The molecular weight excluding hydrogens is 192 g/mol. The van der Waals surface area contributed by atoms with Crippen molar-refractivity contribution in [3.05, 3.63) is 0 Å². The molecule has 0 amide bonds. The molecule has 0 aliphatic carbocycles. The number of carboxylic acid groups (broad SMARTS) is 1. The first-order valence-electron chi connectivity index (χ1n) is 6.03. The zero-order valence-electron chi connectivity index (χ0n) is 9.74. The molecule has 0 bridgehead atoms. The number of carboxylic acids is 1. The van der Waals surface area contributed by atoms with Gasteiger partial charge in [0.25, 0.3) is 0 Å². The Morgan fingerprint density at radius 3 is 2.27 bits per heavy atom. The summed E-state index contributed by atoms with van der Waals surface area (Å²) < 4.78 is 0. The zero-order valence-corrected chi connectivity index (χ0v) is 9.74. The van der Waals surface area contributed by atoms with Gasteiger partial charge in [0.2, 0.25) is 0 Å². The van der Waals surface area contributed by atoms with Crippen LogP contribution in [0.1, 0.15) is 58.3 Å². The quantitative estimate of drug-likeness (QED) is 0.552. The molecule has 0 fully saturated rings. The Kier molecular flexibility index (Phi) is 9.59. The molecule has 0 saturated heterocycles. The van der Waals surface area contributed by atoms with Crippen molar-refractivity contribution in [3.8, 4) is 0 Å². The molecule has 3 heteroatoms. The molecule has 0 aliphatic heterocycles. The predicted molar refractivity (Wildman–Crippen MR) is 60.8 cm³/mol. The van der Waals surface area contributed by atoms with Crippen molar-refractivity contribution in [1.82, 2.24) is 0 Å². The number of aliphatic hydroxyl groups excluding tert-OH is 1. The number of hydrogen-bond acceptors (Lipinski definition) is 2. The van der Waals surface area contributed by atoms with Crippen LogP contribution in [-0.4, -0.2) is 22.8 Å². The van der Waals surface area contributed by atoms with Crippen LogP contribution in [0.25, 0.3) is 0 Å². The van der Waals surface area contributed by atoms with Crippen LogP contribution in [-0.2, 0) is 4.79 Å². The molecule has 0 saturated carbocycles. The second-order valence-electron chi connectivity index (χ2n) is 4.20. The largest absolute Gasteiger partial charge is 0.481 e. The van der Waals surface area contributed by atoms with E-state index in [1.807, 2.05) is 0 Å². The lowest BCUT2D eigenvalue weighted by molar-refractivity contribution is -0.138. The van der Waals surface area contributed by atoms with Gasteiger partial charge in [0, 0.05) is 6.61 Å². The number of hydrogen-bond donors (Lipinski definition) is 2. The molecule has 0 aromatic heterocycles. The molecular formula is C12H24O3. The first-order valence-corrected chi connectivity index (χ1v) is 6.03. The lowest BCUT2D eigenvalue weighted by Crippen LogP contribution is -2.11. The normalized spacial score (nSPS) is 12.7. The molecule has 0 aromatic rings. The van der Waals surface area contributed by atoms with Gasteiger partial charge in [-0.2, -0.15) is 0 Å². The molecule has 90 valence electrons. The molecule has 0 rings (SSSR count). The molecule has 1 atom stereocenters. The van der Waals surface area contributed by atoms with E-state index in [0.29, 0.717) is 0 Å². The third kappa shape index (κ3) is 9.73. The summed E-state index contributed by atoms with van der Waals surface area (Å²) in [5.41, 5.74) is 0. The first kappa shape index (κ1) is 14.4. The summed E-state index contributed by atoms with van der Waals surface area (Å²) in [7, 11) is 0. The fourth-order valence-corrected chi connectivity index (χ4v) is 1.72. The van der Waals surface area contributed by atoms with E-state index in [0.717, 1.165) is 19.3 Å². The van der Waals surface area contributed by atoms with Crippen molar-refractivity contribution in [2.45, 2.75) is 58.3 Å². The Morgan fingerprint density at radius 2 is 1.73 bits per heavy atom. The number of carbonyl (C=O) groups is 1. The van der Waals surface area contributed by atoms with E-state index < -0.39 is 5.97 Å². The molecule has 2 N–H and O–H groups in total. The van der Waals surface area contributed by atoms with Crippen molar-refractivity contribution in [1.29, 1.82) is 0 Å². The summed E-state index contributed by atoms with van der Waals surface area (Å²) in [4.78, 5) is 10.4. The predicted octanol–water partition coefficient (Wildman–Crippen LogP) is 2.82. The van der Waals surface area contributed by atoms with Crippen LogP contribution in [0.4, 0.5) is 0 Å². The van der Waals surface area contributed by atoms with Gasteiger partial charge in [0.05, 0.1) is 6.42 Å². The van der Waals surface area contributed by atoms with E-state index >= 15 is 0 Å². The second-order valence-corrected chi connectivity index (χ2v) is 4.20. The maximum Gasteiger partial charge on any atom is 0.303 e. The van der Waals surface area contributed by atoms with Crippen LogP contribution >= 0.6 is 0 Å². The Bertz CT molecular complexity index is 157. The van der Waals surface area contributed by atoms with E-state index in [9.17, 15) is 4.79 Å². The van der Waals surface area contributed by atoms with E-state index in [4.69, 9.17) is 10.2 Å². The SMILES string of the molecule is CCCCCCCCC(CO)CC(=O)O. The fraction of sp³-hybridized carbons (Fsp3) is 0.917. The third-order valence-electron chi connectivity index (χ3n) is 2.69. The van der Waals surface area contributed by atoms with Gasteiger partial charge in [0.15, 0.2) is 0 Å². The van der Waals surface area contributed by atoms with Gasteiger partial charge in [-0.25, -0.2) is 0 Å². The smallest absolute Gasteiger partial charge is 0.303 e. The van der Waals surface area contributed by atoms with Crippen molar-refractivity contribution < 1.29 is 15.0 Å². The lowest BCUT2D eigenvalue weighted by atomic mass is 9.98. The third-order valence-corrected chi connectivity index (χ3v) is 2.69. The van der Waals surface area contributed by atoms with E-state index in [2.05, 4.69) is 6.92 Å². The van der Waals surface area contributed by atoms with Crippen molar-refractivity contribution in [3.63, 3.8) is 0 Å². The summed E-state index contributed by atoms with van der Waals surface area (Å²) in [6.07, 6.45) is 8.20. The van der Waals surface area contributed by atoms with Gasteiger partial charge in [-0.3, -0.25) is 4.79 Å². The van der Waals surface area contributed by atoms with Gasteiger partial charge in [-0.05, 0) is 12.3 Å². The monoisotopic (exact) mass is 216 g/mol. The molecule has 3 nitrogen and oxygen atoms in total. The molecule has 0 aliphatic rings. The molecule has 15 heavy (non-hydrogen) atoms. The maximum absolute atomic E-state index is 10.4. The van der Waals surface area contributed by atoms with Gasteiger partial charge in [0.1, 0.15) is 0 Å². The van der Waals surface area contributed by atoms with Gasteiger partial charge in [-0.1, -0.05) is 45.4 Å². The van der Waals surface area contributed by atoms with Crippen LogP contribution in [0.5, 0.6) is 0 Å².